The van der Waals surface area contributed by atoms with Gasteiger partial charge in [-0.15, -0.1) is 0 Å². The Balaban J connectivity index is 0.00000191. The Hall–Kier alpha value is -0.750. The van der Waals surface area contributed by atoms with Crippen LogP contribution in [0.2, 0.25) is 0 Å². The van der Waals surface area contributed by atoms with Crippen LogP contribution in [0.4, 0.5) is 17.6 Å². The number of aryl methyl sites for hydroxylation is 2. The molecule has 0 aliphatic heterocycles. The van der Waals surface area contributed by atoms with Crippen molar-refractivity contribution in [3.05, 3.63) is 29.1 Å². The molecule has 1 nitrogen and oxygen atoms in total. The minimum Gasteiger partial charge on any atom is -0.328 e. The fraction of sp³-hybridized carbons (Fsp3) is 0.600. The van der Waals surface area contributed by atoms with Gasteiger partial charge in [-0.05, 0) is 62.1 Å². The smallest absolute Gasteiger partial charge is 0.328 e. The SMILES string of the molecule is CC.Cc1cc(CCC[C@H](C)N)cc(SC(F)(F)F)c1F. The average molecular weight is 325 g/mol. The largest absolute Gasteiger partial charge is 0.446 e. The molecular formula is C15H23F4NS. The molecule has 0 heterocycles. The van der Waals surface area contributed by atoms with Crippen LogP contribution >= 0.6 is 11.8 Å². The molecule has 0 saturated heterocycles. The van der Waals surface area contributed by atoms with E-state index in [2.05, 4.69) is 0 Å². The van der Waals surface area contributed by atoms with E-state index in [4.69, 9.17) is 5.73 Å². The number of thioether (sulfide) groups is 1. The van der Waals surface area contributed by atoms with E-state index >= 15 is 0 Å². The van der Waals surface area contributed by atoms with Crippen molar-refractivity contribution in [1.29, 1.82) is 0 Å². The molecule has 0 spiro atoms. The van der Waals surface area contributed by atoms with Gasteiger partial charge in [0.1, 0.15) is 5.82 Å². The van der Waals surface area contributed by atoms with Gasteiger partial charge in [-0.1, -0.05) is 19.9 Å². The maximum atomic E-state index is 13.6. The maximum Gasteiger partial charge on any atom is 0.446 e. The van der Waals surface area contributed by atoms with E-state index in [-0.39, 0.29) is 16.5 Å². The second-order valence-electron chi connectivity index (χ2n) is 4.64. The second-order valence-corrected chi connectivity index (χ2v) is 5.75. The van der Waals surface area contributed by atoms with Crippen molar-refractivity contribution in [2.24, 2.45) is 5.73 Å². The molecule has 1 atom stereocenters. The monoisotopic (exact) mass is 325 g/mol. The fourth-order valence-corrected chi connectivity index (χ4v) is 2.49. The first-order valence-corrected chi connectivity index (χ1v) is 7.81. The summed E-state index contributed by atoms with van der Waals surface area (Å²) >= 11 is -0.404. The minimum atomic E-state index is -4.47. The molecule has 21 heavy (non-hydrogen) atoms. The van der Waals surface area contributed by atoms with Gasteiger partial charge in [-0.3, -0.25) is 0 Å². The van der Waals surface area contributed by atoms with E-state index in [0.717, 1.165) is 12.8 Å². The maximum absolute atomic E-state index is 13.6. The van der Waals surface area contributed by atoms with Crippen LogP contribution in [0.3, 0.4) is 0 Å². The summed E-state index contributed by atoms with van der Waals surface area (Å²) in [5, 5.41) is 0. The minimum absolute atomic E-state index is 0.0607. The summed E-state index contributed by atoms with van der Waals surface area (Å²) in [6.45, 7) is 7.35. The lowest BCUT2D eigenvalue weighted by atomic mass is 10.0. The normalized spacial score (nSPS) is 12.6. The molecule has 122 valence electrons. The van der Waals surface area contributed by atoms with E-state index in [9.17, 15) is 17.6 Å². The molecule has 0 bridgehead atoms. The number of halogens is 4. The first kappa shape index (κ1) is 20.2. The predicted octanol–water partition coefficient (Wildman–Crippen LogP) is 5.44. The van der Waals surface area contributed by atoms with Gasteiger partial charge in [0.25, 0.3) is 0 Å². The number of alkyl halides is 3. The van der Waals surface area contributed by atoms with Crippen LogP contribution in [-0.4, -0.2) is 11.6 Å². The summed E-state index contributed by atoms with van der Waals surface area (Å²) in [5.41, 5.74) is 2.09. The molecule has 2 N–H and O–H groups in total. The van der Waals surface area contributed by atoms with Crippen LogP contribution in [0.5, 0.6) is 0 Å². The first-order chi connectivity index (χ1) is 9.69. The highest BCUT2D eigenvalue weighted by Gasteiger charge is 2.31. The molecule has 0 amide bonds. The zero-order valence-corrected chi connectivity index (χ0v) is 13.7. The summed E-state index contributed by atoms with van der Waals surface area (Å²) in [5.74, 6) is -0.793. The van der Waals surface area contributed by atoms with Gasteiger partial charge in [0, 0.05) is 6.04 Å². The molecule has 1 rings (SSSR count). The molecule has 1 aromatic carbocycles. The standard InChI is InChI=1S/C13H17F4NS.C2H6/c1-8-6-10(5-3-4-9(2)18)7-11(12(8)14)19-13(15,16)17;1-2/h6-7,9H,3-5,18H2,1-2H3;1-2H3/t9-;/m0./s1. The molecule has 0 aromatic heterocycles. The topological polar surface area (TPSA) is 26.0 Å². The third kappa shape index (κ3) is 8.31. The molecule has 0 unspecified atom stereocenters. The summed E-state index contributed by atoms with van der Waals surface area (Å²) in [4.78, 5) is -0.358. The highest BCUT2D eigenvalue weighted by Crippen LogP contribution is 2.39. The van der Waals surface area contributed by atoms with Crippen LogP contribution in [0.15, 0.2) is 17.0 Å². The van der Waals surface area contributed by atoms with Gasteiger partial charge in [0.05, 0.1) is 4.90 Å². The van der Waals surface area contributed by atoms with Gasteiger partial charge in [0.15, 0.2) is 0 Å². The third-order valence-electron chi connectivity index (χ3n) is 2.63. The number of benzene rings is 1. The molecule has 0 radical (unpaired) electrons. The number of hydrogen-bond donors (Lipinski definition) is 1. The molecule has 0 saturated carbocycles. The lowest BCUT2D eigenvalue weighted by molar-refractivity contribution is -0.0329. The van der Waals surface area contributed by atoms with Gasteiger partial charge in [-0.25, -0.2) is 4.39 Å². The van der Waals surface area contributed by atoms with Gasteiger partial charge < -0.3 is 5.73 Å². The predicted molar refractivity (Wildman–Crippen MR) is 81.0 cm³/mol. The van der Waals surface area contributed by atoms with Gasteiger partial charge in [0.2, 0.25) is 0 Å². The molecule has 0 aliphatic carbocycles. The zero-order valence-electron chi connectivity index (χ0n) is 12.9. The molecule has 1 aromatic rings. The molecule has 0 fully saturated rings. The molecule has 0 aliphatic rings. The van der Waals surface area contributed by atoms with Gasteiger partial charge in [-0.2, -0.15) is 13.2 Å². The van der Waals surface area contributed by atoms with E-state index in [1.807, 2.05) is 20.8 Å². The van der Waals surface area contributed by atoms with E-state index in [0.29, 0.717) is 12.0 Å². The molecular weight excluding hydrogens is 302 g/mol. The van der Waals surface area contributed by atoms with Crippen LogP contribution in [-0.2, 0) is 6.42 Å². The number of nitrogens with two attached hydrogens (primary N) is 1. The Morgan fingerprint density at radius 2 is 1.81 bits per heavy atom. The number of hydrogen-bond acceptors (Lipinski definition) is 2. The Bertz CT molecular complexity index is 430. The fourth-order valence-electron chi connectivity index (χ4n) is 1.78. The summed E-state index contributed by atoms with van der Waals surface area (Å²) < 4.78 is 50.6. The van der Waals surface area contributed by atoms with E-state index in [1.165, 1.54) is 13.0 Å². The van der Waals surface area contributed by atoms with Crippen LogP contribution in [0.25, 0.3) is 0 Å². The van der Waals surface area contributed by atoms with Crippen molar-refractivity contribution in [1.82, 2.24) is 0 Å². The Labute approximate surface area is 128 Å². The number of rotatable bonds is 5. The quantitative estimate of drug-likeness (QED) is 0.576. The Kier molecular flexibility index (Phi) is 8.97. The lowest BCUT2D eigenvalue weighted by Gasteiger charge is -2.11. The summed E-state index contributed by atoms with van der Waals surface area (Å²) in [7, 11) is 0. The van der Waals surface area contributed by atoms with Crippen LogP contribution in [0.1, 0.15) is 44.7 Å². The van der Waals surface area contributed by atoms with Crippen molar-refractivity contribution in [2.75, 3.05) is 0 Å². The Morgan fingerprint density at radius 3 is 2.29 bits per heavy atom. The van der Waals surface area contributed by atoms with Crippen molar-refractivity contribution >= 4 is 11.8 Å². The summed E-state index contributed by atoms with van der Waals surface area (Å²) in [6.07, 6.45) is 2.17. The van der Waals surface area contributed by atoms with Gasteiger partial charge >= 0.3 is 5.51 Å². The van der Waals surface area contributed by atoms with Crippen LogP contribution in [0, 0.1) is 12.7 Å². The van der Waals surface area contributed by atoms with Crippen molar-refractivity contribution in [3.8, 4) is 0 Å². The first-order valence-electron chi connectivity index (χ1n) is 6.99. The van der Waals surface area contributed by atoms with Crippen molar-refractivity contribution in [2.45, 2.75) is 63.4 Å². The zero-order chi connectivity index (χ0) is 16.6. The lowest BCUT2D eigenvalue weighted by Crippen LogP contribution is -2.14. The Morgan fingerprint density at radius 1 is 1.24 bits per heavy atom. The van der Waals surface area contributed by atoms with E-state index in [1.54, 1.807) is 6.07 Å². The average Bonchev–Trinajstić information content (AvgIpc) is 2.35. The van der Waals surface area contributed by atoms with Crippen molar-refractivity contribution < 1.29 is 17.6 Å². The third-order valence-corrected chi connectivity index (χ3v) is 3.38. The summed E-state index contributed by atoms with van der Waals surface area (Å²) in [6, 6.07) is 2.93. The molecule has 6 heteroatoms. The van der Waals surface area contributed by atoms with Crippen LogP contribution < -0.4 is 5.73 Å². The highest BCUT2D eigenvalue weighted by molar-refractivity contribution is 8.00. The highest BCUT2D eigenvalue weighted by atomic mass is 32.2. The van der Waals surface area contributed by atoms with Crippen molar-refractivity contribution in [3.63, 3.8) is 0 Å². The second kappa shape index (κ2) is 9.30. The van der Waals surface area contributed by atoms with E-state index < -0.39 is 23.1 Å².